The Morgan fingerprint density at radius 2 is 1.12 bits per heavy atom. The highest BCUT2D eigenvalue weighted by Gasteiger charge is 1.92. The first-order valence-corrected chi connectivity index (χ1v) is 5.66. The van der Waals surface area contributed by atoms with E-state index in [9.17, 15) is 0 Å². The molecule has 2 N–H and O–H groups in total. The number of rotatable bonds is 0. The number of nitrogens with one attached hydrogen (secondary N) is 2. The molecule has 1 saturated heterocycles. The molecule has 0 spiro atoms. The predicted octanol–water partition coefficient (Wildman–Crippen LogP) is 0.366. The van der Waals surface area contributed by atoms with Gasteiger partial charge < -0.3 is 10.6 Å². The summed E-state index contributed by atoms with van der Waals surface area (Å²) < 4.78 is 0. The van der Waals surface area contributed by atoms with Gasteiger partial charge in [0, 0.05) is 25.1 Å². The van der Waals surface area contributed by atoms with Crippen LogP contribution in [-0.2, 0) is 0 Å². The van der Waals surface area contributed by atoms with Gasteiger partial charge in [0.2, 0.25) is 0 Å². The van der Waals surface area contributed by atoms with Crippen LogP contribution in [0, 0.1) is 0 Å². The zero-order chi connectivity index (χ0) is 5.66. The van der Waals surface area contributed by atoms with E-state index in [0.29, 0.717) is 0 Å². The molecule has 1 aliphatic rings. The molecule has 0 bridgehead atoms. The first kappa shape index (κ1) is 6.89. The van der Waals surface area contributed by atoms with Crippen molar-refractivity contribution in [1.82, 2.24) is 10.6 Å². The second-order valence-corrected chi connectivity index (χ2v) is 4.12. The number of hydrogen-bond acceptors (Lipinski definition) is 2. The Labute approximate surface area is 53.8 Å². The molecule has 0 unspecified atom stereocenters. The third kappa shape index (κ3) is 2.94. The Morgan fingerprint density at radius 3 is 1.50 bits per heavy atom. The Balaban J connectivity index is 2.00. The third-order valence-corrected chi connectivity index (χ3v) is 3.00. The zero-order valence-corrected chi connectivity index (χ0v) is 6.83. The fourth-order valence-electron chi connectivity index (χ4n) is 0.604. The Morgan fingerprint density at radius 1 is 0.750 bits per heavy atom. The minimum atomic E-state index is 1.07. The van der Waals surface area contributed by atoms with Crippen LogP contribution in [0.15, 0.2) is 0 Å². The molecule has 1 heterocycles. The third-order valence-electron chi connectivity index (χ3n) is 1.000. The lowest BCUT2D eigenvalue weighted by molar-refractivity contribution is 0.878. The van der Waals surface area contributed by atoms with Gasteiger partial charge in [0.25, 0.3) is 0 Å². The van der Waals surface area contributed by atoms with Crippen LogP contribution in [0.25, 0.3) is 0 Å². The molecule has 0 aromatic rings. The molecule has 1 aliphatic heterocycles. The summed E-state index contributed by atoms with van der Waals surface area (Å²) in [5, 5.41) is 6.74. The van der Waals surface area contributed by atoms with Gasteiger partial charge in [-0.2, -0.15) is 0 Å². The van der Waals surface area contributed by atoms with Gasteiger partial charge in [-0.25, -0.2) is 0 Å². The first-order chi connectivity index (χ1) is 4.00. The smallest absolute Gasteiger partial charge is 0.0142 e. The lowest BCUT2D eigenvalue weighted by atomic mass is 11.2. The summed E-state index contributed by atoms with van der Waals surface area (Å²) in [7, 11) is 2.15. The van der Waals surface area contributed by atoms with Crippen molar-refractivity contribution in [3.8, 4) is 0 Å². The molecule has 2 nitrogen and oxygen atoms in total. The number of hydrogen-bond donors (Lipinski definition) is 2. The molecular formula is C4H12N2P2. The molecule has 0 aromatic carbocycles. The molecule has 0 aromatic heterocycles. The molecule has 48 valence electrons. The molecule has 0 saturated carbocycles. The van der Waals surface area contributed by atoms with Crippen molar-refractivity contribution in [2.45, 2.75) is 0 Å². The fourth-order valence-corrected chi connectivity index (χ4v) is 2.56. The SMILES string of the molecule is C1NCPCNCP1. The Hall–Kier alpha value is 0.780. The maximum Gasteiger partial charge on any atom is 0.0142 e. The Bertz CT molecular complexity index is 36.0. The minimum absolute atomic E-state index is 1.07. The van der Waals surface area contributed by atoms with Gasteiger partial charge in [-0.1, -0.05) is 17.2 Å². The zero-order valence-electron chi connectivity index (χ0n) is 4.83. The van der Waals surface area contributed by atoms with Crippen molar-refractivity contribution in [2.75, 3.05) is 25.1 Å². The van der Waals surface area contributed by atoms with Crippen LogP contribution in [0.5, 0.6) is 0 Å². The molecule has 0 aliphatic carbocycles. The summed E-state index contributed by atoms with van der Waals surface area (Å²) in [6.07, 6.45) is 4.89. The van der Waals surface area contributed by atoms with Gasteiger partial charge in [0.15, 0.2) is 0 Å². The van der Waals surface area contributed by atoms with Gasteiger partial charge in [-0.3, -0.25) is 0 Å². The first-order valence-electron chi connectivity index (χ1n) is 2.83. The highest BCUT2D eigenvalue weighted by molar-refractivity contribution is 7.39. The molecule has 0 radical (unpaired) electrons. The van der Waals surface area contributed by atoms with Gasteiger partial charge in [0.05, 0.1) is 0 Å². The molecule has 1 rings (SSSR count). The highest BCUT2D eigenvalue weighted by Crippen LogP contribution is 2.11. The van der Waals surface area contributed by atoms with Crippen LogP contribution in [0.2, 0.25) is 0 Å². The van der Waals surface area contributed by atoms with Crippen molar-refractivity contribution in [3.63, 3.8) is 0 Å². The van der Waals surface area contributed by atoms with E-state index in [2.05, 4.69) is 10.6 Å². The average Bonchev–Trinajstić information content (AvgIpc) is 1.62. The largest absolute Gasteiger partial charge is 0.309 e. The summed E-state index contributed by atoms with van der Waals surface area (Å²) >= 11 is 0. The highest BCUT2D eigenvalue weighted by atomic mass is 31.1. The topological polar surface area (TPSA) is 24.1 Å². The normalized spacial score (nSPS) is 30.0. The molecule has 8 heavy (non-hydrogen) atoms. The van der Waals surface area contributed by atoms with E-state index < -0.39 is 0 Å². The van der Waals surface area contributed by atoms with Crippen molar-refractivity contribution in [1.29, 1.82) is 0 Å². The van der Waals surface area contributed by atoms with Crippen LogP contribution in [-0.4, -0.2) is 25.1 Å². The average molecular weight is 150 g/mol. The van der Waals surface area contributed by atoms with Crippen molar-refractivity contribution in [3.05, 3.63) is 0 Å². The predicted molar refractivity (Wildman–Crippen MR) is 42.4 cm³/mol. The van der Waals surface area contributed by atoms with E-state index in [0.717, 1.165) is 17.2 Å². The van der Waals surface area contributed by atoms with Crippen molar-refractivity contribution < 1.29 is 0 Å². The lowest BCUT2D eigenvalue weighted by Gasteiger charge is -2.10. The fraction of sp³-hybridized carbons (Fsp3) is 1.00. The van der Waals surface area contributed by atoms with E-state index in [1.165, 1.54) is 25.1 Å². The summed E-state index contributed by atoms with van der Waals surface area (Å²) in [5.74, 6) is 0. The van der Waals surface area contributed by atoms with E-state index in [-0.39, 0.29) is 0 Å². The monoisotopic (exact) mass is 150 g/mol. The summed E-state index contributed by atoms with van der Waals surface area (Å²) in [5.41, 5.74) is 0. The second-order valence-electron chi connectivity index (χ2n) is 1.71. The van der Waals surface area contributed by atoms with E-state index in [1.54, 1.807) is 0 Å². The van der Waals surface area contributed by atoms with Crippen LogP contribution < -0.4 is 10.6 Å². The van der Waals surface area contributed by atoms with Crippen molar-refractivity contribution in [2.24, 2.45) is 0 Å². The van der Waals surface area contributed by atoms with Gasteiger partial charge >= 0.3 is 0 Å². The maximum absolute atomic E-state index is 3.37. The molecule has 4 heteroatoms. The van der Waals surface area contributed by atoms with Crippen molar-refractivity contribution >= 4 is 17.2 Å². The minimum Gasteiger partial charge on any atom is -0.309 e. The van der Waals surface area contributed by atoms with E-state index in [1.807, 2.05) is 0 Å². The Kier molecular flexibility index (Phi) is 4.00. The molecular weight excluding hydrogens is 138 g/mol. The van der Waals surface area contributed by atoms with E-state index in [4.69, 9.17) is 0 Å². The lowest BCUT2D eigenvalue weighted by Crippen LogP contribution is -2.20. The van der Waals surface area contributed by atoms with Crippen LogP contribution in [0.3, 0.4) is 0 Å². The van der Waals surface area contributed by atoms with Gasteiger partial charge in [-0.05, 0) is 0 Å². The van der Waals surface area contributed by atoms with Crippen LogP contribution >= 0.6 is 17.2 Å². The van der Waals surface area contributed by atoms with E-state index >= 15 is 0 Å². The maximum atomic E-state index is 3.37. The van der Waals surface area contributed by atoms with Crippen LogP contribution in [0.4, 0.5) is 0 Å². The molecule has 0 amide bonds. The van der Waals surface area contributed by atoms with Gasteiger partial charge in [0.1, 0.15) is 0 Å². The molecule has 1 fully saturated rings. The quantitative estimate of drug-likeness (QED) is 0.487. The summed E-state index contributed by atoms with van der Waals surface area (Å²) in [4.78, 5) is 0. The second kappa shape index (κ2) is 4.64. The standard InChI is InChI=1S/C4H12N2P2/c1-5-2-8-4-6-3-7-1/h5-8H,1-4H2. The summed E-state index contributed by atoms with van der Waals surface area (Å²) in [6.45, 7) is 0. The van der Waals surface area contributed by atoms with Gasteiger partial charge in [-0.15, -0.1) is 0 Å². The van der Waals surface area contributed by atoms with Crippen LogP contribution in [0.1, 0.15) is 0 Å². The molecule has 0 atom stereocenters. The summed E-state index contributed by atoms with van der Waals surface area (Å²) in [6, 6.07) is 0.